The molecule has 1 nitrogen and oxygen atoms in total. The fraction of sp³-hybridized carbons (Fsp3) is 0.818. The molecule has 34 heavy (non-hydrogen) atoms. The van der Waals surface area contributed by atoms with Crippen LogP contribution in [0.25, 0.3) is 0 Å². The molecule has 198 valence electrons. The third-order valence-electron chi connectivity index (χ3n) is 7.61. The van der Waals surface area contributed by atoms with Crippen molar-refractivity contribution >= 4 is 0 Å². The largest absolute Gasteiger partial charge is 0.508 e. The van der Waals surface area contributed by atoms with E-state index in [1.807, 2.05) is 6.07 Å². The monoisotopic (exact) mass is 472 g/mol. The van der Waals surface area contributed by atoms with E-state index in [-0.39, 0.29) is 0 Å². The van der Waals surface area contributed by atoms with Gasteiger partial charge >= 0.3 is 0 Å². The van der Waals surface area contributed by atoms with Crippen molar-refractivity contribution in [1.29, 1.82) is 0 Å². The highest BCUT2D eigenvalue weighted by molar-refractivity contribution is 5.45. The van der Waals surface area contributed by atoms with E-state index in [0.29, 0.717) is 5.75 Å². The number of benzene rings is 1. The van der Waals surface area contributed by atoms with Crippen LogP contribution in [0.1, 0.15) is 172 Å². The van der Waals surface area contributed by atoms with Crippen molar-refractivity contribution in [2.45, 2.75) is 175 Å². The minimum atomic E-state index is 0.562. The van der Waals surface area contributed by atoms with Crippen molar-refractivity contribution in [2.24, 2.45) is 0 Å². The van der Waals surface area contributed by atoms with Crippen molar-refractivity contribution in [3.05, 3.63) is 28.8 Å². The predicted molar refractivity (Wildman–Crippen MR) is 153 cm³/mol. The molecule has 0 heterocycles. The Morgan fingerprint density at radius 3 is 1.21 bits per heavy atom. The smallest absolute Gasteiger partial charge is 0.119 e. The van der Waals surface area contributed by atoms with Gasteiger partial charge in [0.1, 0.15) is 5.75 Å². The third-order valence-corrected chi connectivity index (χ3v) is 7.61. The van der Waals surface area contributed by atoms with E-state index in [1.54, 1.807) is 0 Å². The van der Waals surface area contributed by atoms with Gasteiger partial charge < -0.3 is 5.11 Å². The summed E-state index contributed by atoms with van der Waals surface area (Å²) in [6, 6.07) is 4.24. The minimum absolute atomic E-state index is 0.562. The molecule has 0 aliphatic carbocycles. The van der Waals surface area contributed by atoms with Crippen LogP contribution in [-0.4, -0.2) is 5.11 Å². The molecule has 1 N–H and O–H groups in total. The van der Waals surface area contributed by atoms with Crippen LogP contribution >= 0.6 is 0 Å². The maximum Gasteiger partial charge on any atom is 0.119 e. The number of unbranched alkanes of at least 4 members (excludes halogenated alkanes) is 18. The number of aryl methyl sites for hydroxylation is 1. The van der Waals surface area contributed by atoms with E-state index in [2.05, 4.69) is 26.8 Å². The lowest BCUT2D eigenvalue weighted by Crippen LogP contribution is -2.03. The lowest BCUT2D eigenvalue weighted by molar-refractivity contribution is 0.463. The van der Waals surface area contributed by atoms with Gasteiger partial charge in [-0.1, -0.05) is 142 Å². The Labute approximate surface area is 214 Å². The molecule has 1 aromatic rings. The summed E-state index contributed by atoms with van der Waals surface area (Å²) in [5.41, 5.74) is 4.34. The van der Waals surface area contributed by atoms with Crippen LogP contribution in [0.5, 0.6) is 5.75 Å². The summed E-state index contributed by atoms with van der Waals surface area (Å²) >= 11 is 0. The molecule has 0 radical (unpaired) electrons. The normalized spacial score (nSPS) is 11.4. The zero-order chi connectivity index (χ0) is 24.7. The van der Waals surface area contributed by atoms with Gasteiger partial charge in [0.05, 0.1) is 0 Å². The molecule has 0 aliphatic rings. The Kier molecular flexibility index (Phi) is 20.5. The third kappa shape index (κ3) is 15.1. The summed E-state index contributed by atoms with van der Waals surface area (Å²) in [6.45, 7) is 6.87. The average molecular weight is 473 g/mol. The van der Waals surface area contributed by atoms with Crippen LogP contribution in [0.4, 0.5) is 0 Å². The molecule has 0 amide bonds. The van der Waals surface area contributed by atoms with Crippen molar-refractivity contribution < 1.29 is 5.11 Å². The van der Waals surface area contributed by atoms with E-state index in [0.717, 1.165) is 12.8 Å². The Balaban J connectivity index is 2.55. The zero-order valence-electron chi connectivity index (χ0n) is 23.6. The van der Waals surface area contributed by atoms with Crippen molar-refractivity contribution in [3.8, 4) is 5.75 Å². The second kappa shape index (κ2) is 22.5. The van der Waals surface area contributed by atoms with Gasteiger partial charge in [-0.25, -0.2) is 0 Å². The highest BCUT2D eigenvalue weighted by Crippen LogP contribution is 2.30. The van der Waals surface area contributed by atoms with Crippen molar-refractivity contribution in [2.75, 3.05) is 0 Å². The quantitative estimate of drug-likeness (QED) is 0.148. The van der Waals surface area contributed by atoms with Gasteiger partial charge in [-0.3, -0.25) is 0 Å². The Bertz CT molecular complexity index is 576. The summed E-state index contributed by atoms with van der Waals surface area (Å²) in [5, 5.41) is 10.8. The molecule has 0 atom stereocenters. The maximum absolute atomic E-state index is 10.8. The number of phenolic OH excluding ortho intramolecular Hbond substituents is 1. The molecule has 0 aromatic heterocycles. The minimum Gasteiger partial charge on any atom is -0.508 e. The van der Waals surface area contributed by atoms with E-state index in [1.165, 1.54) is 158 Å². The number of hydrogen-bond donors (Lipinski definition) is 1. The Morgan fingerprint density at radius 2 is 0.765 bits per heavy atom. The number of rotatable bonds is 24. The van der Waals surface area contributed by atoms with Gasteiger partial charge in [0.15, 0.2) is 0 Å². The van der Waals surface area contributed by atoms with Crippen LogP contribution in [0, 0.1) is 0 Å². The summed E-state index contributed by atoms with van der Waals surface area (Å²) in [5.74, 6) is 0.562. The van der Waals surface area contributed by atoms with Crippen LogP contribution in [0.15, 0.2) is 12.1 Å². The molecule has 1 aromatic carbocycles. The summed E-state index contributed by atoms with van der Waals surface area (Å²) < 4.78 is 0. The molecule has 0 spiro atoms. The van der Waals surface area contributed by atoms with Crippen LogP contribution in [-0.2, 0) is 19.3 Å². The molecule has 0 unspecified atom stereocenters. The fourth-order valence-electron chi connectivity index (χ4n) is 5.34. The van der Waals surface area contributed by atoms with Gasteiger partial charge in [0.2, 0.25) is 0 Å². The molecule has 0 saturated heterocycles. The van der Waals surface area contributed by atoms with Gasteiger partial charge in [0, 0.05) is 0 Å². The maximum atomic E-state index is 10.8. The van der Waals surface area contributed by atoms with Crippen LogP contribution < -0.4 is 0 Å². The second-order valence-corrected chi connectivity index (χ2v) is 10.8. The fourth-order valence-corrected chi connectivity index (χ4v) is 5.34. The SMILES string of the molecule is CCCCCCCCCCCCc1c(O)ccc(CCCCCCC)c1CCCCCCCC. The standard InChI is InChI=1S/C33H60O/c1-4-7-10-13-15-16-17-18-21-24-27-32-31(26-23-20-14-11-8-5-2)30(28-29-33(32)34)25-22-19-12-9-6-3/h28-29,34H,4-27H2,1-3H3. The van der Waals surface area contributed by atoms with Gasteiger partial charge in [0.25, 0.3) is 0 Å². The molecule has 1 rings (SSSR count). The number of phenols is 1. The summed E-state index contributed by atoms with van der Waals surface area (Å²) in [4.78, 5) is 0. The molecular weight excluding hydrogens is 412 g/mol. The highest BCUT2D eigenvalue weighted by atomic mass is 16.3. The lowest BCUT2D eigenvalue weighted by atomic mass is 9.89. The average Bonchev–Trinajstić information content (AvgIpc) is 2.84. The molecule has 0 bridgehead atoms. The Morgan fingerprint density at radius 1 is 0.412 bits per heavy atom. The van der Waals surface area contributed by atoms with E-state index < -0.39 is 0 Å². The van der Waals surface area contributed by atoms with Gasteiger partial charge in [-0.2, -0.15) is 0 Å². The second-order valence-electron chi connectivity index (χ2n) is 10.8. The molecule has 0 fully saturated rings. The molecule has 0 aliphatic heterocycles. The summed E-state index contributed by atoms with van der Waals surface area (Å²) in [6.07, 6.45) is 31.9. The van der Waals surface area contributed by atoms with Crippen molar-refractivity contribution in [3.63, 3.8) is 0 Å². The first-order valence-electron chi connectivity index (χ1n) is 15.6. The van der Waals surface area contributed by atoms with Gasteiger partial charge in [-0.05, 0) is 61.3 Å². The highest BCUT2D eigenvalue weighted by Gasteiger charge is 2.13. The zero-order valence-corrected chi connectivity index (χ0v) is 23.6. The van der Waals surface area contributed by atoms with Gasteiger partial charge in [-0.15, -0.1) is 0 Å². The number of aromatic hydroxyl groups is 1. The first-order valence-corrected chi connectivity index (χ1v) is 15.6. The van der Waals surface area contributed by atoms with Crippen molar-refractivity contribution in [1.82, 2.24) is 0 Å². The molecular formula is C33H60O. The van der Waals surface area contributed by atoms with E-state index >= 15 is 0 Å². The van der Waals surface area contributed by atoms with E-state index in [4.69, 9.17) is 0 Å². The number of hydrogen-bond acceptors (Lipinski definition) is 1. The summed E-state index contributed by atoms with van der Waals surface area (Å²) in [7, 11) is 0. The molecule has 0 saturated carbocycles. The van der Waals surface area contributed by atoms with Crippen LogP contribution in [0.3, 0.4) is 0 Å². The Hall–Kier alpha value is -0.980. The molecule has 1 heteroatoms. The lowest BCUT2D eigenvalue weighted by Gasteiger charge is -2.17. The first-order chi connectivity index (χ1) is 16.7. The first kappa shape index (κ1) is 31.1. The topological polar surface area (TPSA) is 20.2 Å². The predicted octanol–water partition coefficient (Wildman–Crippen LogP) is 11.3. The van der Waals surface area contributed by atoms with Crippen LogP contribution in [0.2, 0.25) is 0 Å². The van der Waals surface area contributed by atoms with E-state index in [9.17, 15) is 5.11 Å².